The van der Waals surface area contributed by atoms with Crippen LogP contribution >= 0.6 is 11.6 Å². The fourth-order valence-corrected chi connectivity index (χ4v) is 5.88. The molecular weight excluding hydrogens is 482 g/mol. The number of piperidine rings is 1. The molecule has 1 fully saturated rings. The summed E-state index contributed by atoms with van der Waals surface area (Å²) in [6, 6.07) is 21.7. The molecule has 6 nitrogen and oxygen atoms in total. The third-order valence-corrected chi connectivity index (χ3v) is 8.00. The number of nitrogens with zero attached hydrogens (tertiary/aromatic N) is 2. The first kappa shape index (κ1) is 23.5. The molecule has 0 bridgehead atoms. The van der Waals surface area contributed by atoms with Crippen LogP contribution in [0.25, 0.3) is 10.8 Å². The number of nitrogens with one attached hydrogen (secondary N) is 1. The summed E-state index contributed by atoms with van der Waals surface area (Å²) in [5.74, 6) is 0.913. The highest BCUT2D eigenvalue weighted by Gasteiger charge is 2.22. The molecule has 0 spiro atoms. The van der Waals surface area contributed by atoms with Gasteiger partial charge in [0.2, 0.25) is 0 Å². The van der Waals surface area contributed by atoms with Crippen molar-refractivity contribution in [2.24, 2.45) is 5.92 Å². The average Bonchev–Trinajstić information content (AvgIpc) is 2.89. The molecule has 0 amide bonds. The minimum absolute atomic E-state index is 0.111. The fraction of sp³-hybridized carbons (Fsp3) is 0.222. The molecule has 1 aromatic heterocycles. The number of fused-ring (bicyclic) bond motifs is 1. The molecule has 0 saturated carbocycles. The second-order valence-electron chi connectivity index (χ2n) is 8.67. The molecule has 8 heteroatoms. The molecular formula is C27H26ClN3O3S. The monoisotopic (exact) mass is 507 g/mol. The lowest BCUT2D eigenvalue weighted by molar-refractivity contribution is 0.224. The number of hydrogen-bond acceptors (Lipinski definition) is 5. The van der Waals surface area contributed by atoms with Gasteiger partial charge in [0.1, 0.15) is 5.75 Å². The predicted octanol–water partition coefficient (Wildman–Crippen LogP) is 5.98. The van der Waals surface area contributed by atoms with E-state index in [0.29, 0.717) is 29.0 Å². The summed E-state index contributed by atoms with van der Waals surface area (Å²) in [5.41, 5.74) is 1.60. The number of rotatable bonds is 7. The standard InChI is InChI=1S/C27H26ClN3O3S/c28-25-18-23(17-21-5-1-2-6-24(21)25)35(32,33)30-26-7-3-4-8-27(26)34-19-20-11-15-31(16-12-20)22-9-13-29-14-10-22/h1-10,13-14,17-18,20,30H,11-12,15-16,19H2. The lowest BCUT2D eigenvalue weighted by Crippen LogP contribution is -2.35. The van der Waals surface area contributed by atoms with E-state index in [-0.39, 0.29) is 4.90 Å². The van der Waals surface area contributed by atoms with Crippen molar-refractivity contribution >= 4 is 43.8 Å². The highest BCUT2D eigenvalue weighted by molar-refractivity contribution is 7.92. The SMILES string of the molecule is O=S(=O)(Nc1ccccc1OCC1CCN(c2ccncc2)CC1)c1cc(Cl)c2ccccc2c1. The number of para-hydroxylation sites is 2. The number of anilines is 2. The van der Waals surface area contributed by atoms with Crippen LogP contribution in [0.3, 0.4) is 0 Å². The maximum absolute atomic E-state index is 13.2. The van der Waals surface area contributed by atoms with Crippen LogP contribution in [0.15, 0.2) is 90.1 Å². The average molecular weight is 508 g/mol. The Balaban J connectivity index is 1.26. The quantitative estimate of drug-likeness (QED) is 0.333. The number of hydrogen-bond donors (Lipinski definition) is 1. The van der Waals surface area contributed by atoms with Crippen molar-refractivity contribution in [2.75, 3.05) is 29.3 Å². The van der Waals surface area contributed by atoms with Crippen LogP contribution in [0.5, 0.6) is 5.75 Å². The van der Waals surface area contributed by atoms with Gasteiger partial charge in [0, 0.05) is 41.6 Å². The van der Waals surface area contributed by atoms with Crippen molar-refractivity contribution in [3.05, 3.63) is 90.2 Å². The molecule has 35 heavy (non-hydrogen) atoms. The lowest BCUT2D eigenvalue weighted by atomic mass is 9.97. The summed E-state index contributed by atoms with van der Waals surface area (Å²) >= 11 is 6.36. The zero-order valence-electron chi connectivity index (χ0n) is 19.1. The van der Waals surface area contributed by atoms with Gasteiger partial charge in [0.25, 0.3) is 10.0 Å². The minimum Gasteiger partial charge on any atom is -0.491 e. The first-order valence-electron chi connectivity index (χ1n) is 11.6. The molecule has 1 aliphatic rings. The number of halogens is 1. The first-order chi connectivity index (χ1) is 17.0. The molecule has 1 aliphatic heterocycles. The Morgan fingerprint density at radius 1 is 0.971 bits per heavy atom. The summed E-state index contributed by atoms with van der Waals surface area (Å²) < 4.78 is 35.2. The van der Waals surface area contributed by atoms with E-state index in [0.717, 1.165) is 36.7 Å². The highest BCUT2D eigenvalue weighted by Crippen LogP contribution is 2.32. The number of benzene rings is 3. The van der Waals surface area contributed by atoms with Crippen molar-refractivity contribution in [2.45, 2.75) is 17.7 Å². The van der Waals surface area contributed by atoms with Gasteiger partial charge in [0.05, 0.1) is 17.2 Å². The molecule has 0 unspecified atom stereocenters. The summed E-state index contributed by atoms with van der Waals surface area (Å²) in [7, 11) is -3.86. The van der Waals surface area contributed by atoms with Gasteiger partial charge in [-0.3, -0.25) is 9.71 Å². The predicted molar refractivity (Wildman–Crippen MR) is 141 cm³/mol. The maximum atomic E-state index is 13.2. The van der Waals surface area contributed by atoms with Crippen LogP contribution in [-0.4, -0.2) is 33.1 Å². The van der Waals surface area contributed by atoms with Gasteiger partial charge in [-0.15, -0.1) is 0 Å². The Kier molecular flexibility index (Phi) is 6.79. The molecule has 0 atom stereocenters. The Hall–Kier alpha value is -3.29. The molecule has 180 valence electrons. The Morgan fingerprint density at radius 3 is 2.49 bits per heavy atom. The zero-order chi connectivity index (χ0) is 24.3. The van der Waals surface area contributed by atoms with Crippen LogP contribution in [0.1, 0.15) is 12.8 Å². The van der Waals surface area contributed by atoms with Crippen molar-refractivity contribution in [3.8, 4) is 5.75 Å². The van der Waals surface area contributed by atoms with Crippen LogP contribution in [0.2, 0.25) is 5.02 Å². The Bertz CT molecular complexity index is 1420. The number of ether oxygens (including phenoxy) is 1. The molecule has 4 aromatic rings. The van der Waals surface area contributed by atoms with Crippen molar-refractivity contribution in [3.63, 3.8) is 0 Å². The molecule has 1 saturated heterocycles. The van der Waals surface area contributed by atoms with E-state index in [2.05, 4.69) is 14.6 Å². The van der Waals surface area contributed by atoms with E-state index in [1.54, 1.807) is 24.3 Å². The van der Waals surface area contributed by atoms with E-state index < -0.39 is 10.0 Å². The largest absolute Gasteiger partial charge is 0.491 e. The van der Waals surface area contributed by atoms with E-state index >= 15 is 0 Å². The topological polar surface area (TPSA) is 71.5 Å². The van der Waals surface area contributed by atoms with Gasteiger partial charge in [-0.2, -0.15) is 0 Å². The second-order valence-corrected chi connectivity index (χ2v) is 10.8. The summed E-state index contributed by atoms with van der Waals surface area (Å²) in [5, 5.41) is 1.97. The normalized spacial score (nSPS) is 14.7. The van der Waals surface area contributed by atoms with Crippen molar-refractivity contribution in [1.82, 2.24) is 4.98 Å². The smallest absolute Gasteiger partial charge is 0.262 e. The maximum Gasteiger partial charge on any atom is 0.262 e. The molecule has 3 aromatic carbocycles. The second kappa shape index (κ2) is 10.1. The van der Waals surface area contributed by atoms with Crippen LogP contribution < -0.4 is 14.4 Å². The van der Waals surface area contributed by atoms with Crippen LogP contribution in [0, 0.1) is 5.92 Å². The van der Waals surface area contributed by atoms with E-state index in [9.17, 15) is 8.42 Å². The third-order valence-electron chi connectivity index (χ3n) is 6.34. The van der Waals surface area contributed by atoms with Gasteiger partial charge >= 0.3 is 0 Å². The number of aromatic nitrogens is 1. The Morgan fingerprint density at radius 2 is 1.69 bits per heavy atom. The zero-order valence-corrected chi connectivity index (χ0v) is 20.7. The lowest BCUT2D eigenvalue weighted by Gasteiger charge is -2.33. The van der Waals surface area contributed by atoms with Crippen molar-refractivity contribution < 1.29 is 13.2 Å². The third kappa shape index (κ3) is 5.36. The van der Waals surface area contributed by atoms with Gasteiger partial charge < -0.3 is 9.64 Å². The molecule has 0 radical (unpaired) electrons. The Labute approximate surface area is 210 Å². The number of pyridine rings is 1. The van der Waals surface area contributed by atoms with E-state index in [1.165, 1.54) is 11.8 Å². The summed E-state index contributed by atoms with van der Waals surface area (Å²) in [4.78, 5) is 6.55. The van der Waals surface area contributed by atoms with Gasteiger partial charge in [0.15, 0.2) is 0 Å². The van der Waals surface area contributed by atoms with Gasteiger partial charge in [-0.25, -0.2) is 8.42 Å². The summed E-state index contributed by atoms with van der Waals surface area (Å²) in [6.45, 7) is 2.44. The van der Waals surface area contributed by atoms with Crippen LogP contribution in [0.4, 0.5) is 11.4 Å². The van der Waals surface area contributed by atoms with Crippen molar-refractivity contribution in [1.29, 1.82) is 0 Å². The summed E-state index contributed by atoms with van der Waals surface area (Å²) in [6.07, 6.45) is 5.64. The minimum atomic E-state index is -3.86. The highest BCUT2D eigenvalue weighted by atomic mass is 35.5. The first-order valence-corrected chi connectivity index (χ1v) is 13.4. The molecule has 0 aliphatic carbocycles. The van der Waals surface area contributed by atoms with Crippen LogP contribution in [-0.2, 0) is 10.0 Å². The molecule has 5 rings (SSSR count). The number of sulfonamides is 1. The molecule has 2 heterocycles. The van der Waals surface area contributed by atoms with Gasteiger partial charge in [-0.05, 0) is 60.5 Å². The van der Waals surface area contributed by atoms with E-state index in [1.807, 2.05) is 54.9 Å². The van der Waals surface area contributed by atoms with Gasteiger partial charge in [-0.1, -0.05) is 48.0 Å². The van der Waals surface area contributed by atoms with E-state index in [4.69, 9.17) is 16.3 Å². The molecule has 1 N–H and O–H groups in total. The fourth-order valence-electron chi connectivity index (χ4n) is 4.39.